The third-order valence-electron chi connectivity index (χ3n) is 5.35. The number of carbonyl (C=O) groups excluding carboxylic acids is 2. The number of nitrogens with zero attached hydrogens (tertiary/aromatic N) is 1. The first kappa shape index (κ1) is 21.1. The fourth-order valence-corrected chi connectivity index (χ4v) is 3.72. The van der Waals surface area contributed by atoms with Crippen LogP contribution in [0.3, 0.4) is 0 Å². The maximum absolute atomic E-state index is 12.6. The van der Waals surface area contributed by atoms with Gasteiger partial charge in [0, 0.05) is 26.4 Å². The van der Waals surface area contributed by atoms with Crippen LogP contribution in [0.2, 0.25) is 0 Å². The minimum absolute atomic E-state index is 0.188. The zero-order valence-electron chi connectivity index (χ0n) is 16.8. The van der Waals surface area contributed by atoms with Gasteiger partial charge in [-0.15, -0.1) is 0 Å². The maximum Gasteiger partial charge on any atom is 0.302 e. The van der Waals surface area contributed by atoms with Crippen LogP contribution in [0.5, 0.6) is 11.5 Å². The number of esters is 1. The van der Waals surface area contributed by atoms with Gasteiger partial charge in [0.2, 0.25) is 5.91 Å². The van der Waals surface area contributed by atoms with Gasteiger partial charge in [-0.2, -0.15) is 0 Å². The average Bonchev–Trinajstić information content (AvgIpc) is 2.66. The Balaban J connectivity index is 1.92. The quantitative estimate of drug-likeness (QED) is 0.619. The van der Waals surface area contributed by atoms with Crippen molar-refractivity contribution in [2.75, 3.05) is 33.9 Å². The Labute approximate surface area is 161 Å². The SMILES string of the molecule is CC[C@@H]1CN(CCc2ccc(OC)c(OC)c2)C(=O)C[C@@H]1CCOC(C)=O. The van der Waals surface area contributed by atoms with Gasteiger partial charge in [0.15, 0.2) is 11.5 Å². The Bertz CT molecular complexity index is 645. The van der Waals surface area contributed by atoms with Gasteiger partial charge < -0.3 is 19.1 Å². The maximum atomic E-state index is 12.6. The number of amides is 1. The van der Waals surface area contributed by atoms with Crippen molar-refractivity contribution < 1.29 is 23.8 Å². The molecule has 1 heterocycles. The van der Waals surface area contributed by atoms with E-state index >= 15 is 0 Å². The molecule has 1 aliphatic heterocycles. The molecule has 0 spiro atoms. The summed E-state index contributed by atoms with van der Waals surface area (Å²) < 4.78 is 15.7. The number of ether oxygens (including phenoxy) is 3. The lowest BCUT2D eigenvalue weighted by Gasteiger charge is -2.38. The lowest BCUT2D eigenvalue weighted by molar-refractivity contribution is -0.142. The van der Waals surface area contributed by atoms with Crippen molar-refractivity contribution in [2.45, 2.75) is 39.5 Å². The summed E-state index contributed by atoms with van der Waals surface area (Å²) in [4.78, 5) is 25.5. The first-order valence-electron chi connectivity index (χ1n) is 9.60. The first-order valence-corrected chi connectivity index (χ1v) is 9.60. The fourth-order valence-electron chi connectivity index (χ4n) is 3.72. The largest absolute Gasteiger partial charge is 0.493 e. The van der Waals surface area contributed by atoms with Crippen molar-refractivity contribution in [3.05, 3.63) is 23.8 Å². The molecule has 1 aliphatic rings. The Morgan fingerprint density at radius 2 is 1.93 bits per heavy atom. The monoisotopic (exact) mass is 377 g/mol. The Morgan fingerprint density at radius 3 is 2.56 bits per heavy atom. The van der Waals surface area contributed by atoms with Gasteiger partial charge >= 0.3 is 5.97 Å². The second-order valence-electron chi connectivity index (χ2n) is 7.04. The van der Waals surface area contributed by atoms with Crippen LogP contribution in [0.4, 0.5) is 0 Å². The molecule has 1 aromatic rings. The Hall–Kier alpha value is -2.24. The number of hydrogen-bond donors (Lipinski definition) is 0. The molecule has 0 bridgehead atoms. The molecule has 150 valence electrons. The van der Waals surface area contributed by atoms with E-state index in [1.807, 2.05) is 23.1 Å². The first-order chi connectivity index (χ1) is 13.0. The molecular weight excluding hydrogens is 346 g/mol. The molecule has 27 heavy (non-hydrogen) atoms. The third-order valence-corrected chi connectivity index (χ3v) is 5.35. The molecule has 1 fully saturated rings. The number of rotatable bonds is 9. The van der Waals surface area contributed by atoms with E-state index in [9.17, 15) is 9.59 Å². The number of likely N-dealkylation sites (tertiary alicyclic amines) is 1. The van der Waals surface area contributed by atoms with Crippen LogP contribution >= 0.6 is 0 Å². The Morgan fingerprint density at radius 1 is 1.19 bits per heavy atom. The molecule has 1 saturated heterocycles. The van der Waals surface area contributed by atoms with Gasteiger partial charge in [0.05, 0.1) is 20.8 Å². The van der Waals surface area contributed by atoms with Crippen LogP contribution < -0.4 is 9.47 Å². The number of hydrogen-bond acceptors (Lipinski definition) is 5. The van der Waals surface area contributed by atoms with E-state index < -0.39 is 0 Å². The van der Waals surface area contributed by atoms with E-state index in [0.29, 0.717) is 42.9 Å². The molecule has 0 aromatic heterocycles. The van der Waals surface area contributed by atoms with E-state index in [2.05, 4.69) is 6.92 Å². The summed E-state index contributed by atoms with van der Waals surface area (Å²) >= 11 is 0. The van der Waals surface area contributed by atoms with Crippen molar-refractivity contribution in [3.8, 4) is 11.5 Å². The third kappa shape index (κ3) is 5.88. The normalized spacial score (nSPS) is 19.7. The average molecular weight is 377 g/mol. The number of piperidine rings is 1. The molecule has 1 amide bonds. The minimum Gasteiger partial charge on any atom is -0.493 e. The van der Waals surface area contributed by atoms with Crippen LogP contribution in [0.25, 0.3) is 0 Å². The van der Waals surface area contributed by atoms with Gasteiger partial charge in [-0.05, 0) is 42.4 Å². The molecule has 0 unspecified atom stereocenters. The molecule has 2 rings (SSSR count). The summed E-state index contributed by atoms with van der Waals surface area (Å²) in [5, 5.41) is 0. The molecule has 1 aromatic carbocycles. The van der Waals surface area contributed by atoms with Crippen molar-refractivity contribution >= 4 is 11.9 Å². The van der Waals surface area contributed by atoms with Crippen molar-refractivity contribution in [3.63, 3.8) is 0 Å². The molecular formula is C21H31NO5. The Kier molecular flexibility index (Phi) is 7.95. The van der Waals surface area contributed by atoms with Gasteiger partial charge in [0.1, 0.15) is 0 Å². The molecule has 0 N–H and O–H groups in total. The lowest BCUT2D eigenvalue weighted by atomic mass is 9.81. The predicted octanol–water partition coefficient (Wildman–Crippen LogP) is 3.07. The number of benzene rings is 1. The summed E-state index contributed by atoms with van der Waals surface area (Å²) in [6.07, 6.45) is 3.09. The second kappa shape index (κ2) is 10.2. The van der Waals surface area contributed by atoms with E-state index in [-0.39, 0.29) is 11.9 Å². The highest BCUT2D eigenvalue weighted by atomic mass is 16.5. The van der Waals surface area contributed by atoms with Gasteiger partial charge in [-0.1, -0.05) is 19.4 Å². The van der Waals surface area contributed by atoms with Crippen molar-refractivity contribution in [1.29, 1.82) is 0 Å². The van der Waals surface area contributed by atoms with E-state index in [4.69, 9.17) is 14.2 Å². The zero-order chi connectivity index (χ0) is 19.8. The zero-order valence-corrected chi connectivity index (χ0v) is 16.8. The topological polar surface area (TPSA) is 65.1 Å². The highest BCUT2D eigenvalue weighted by Gasteiger charge is 2.32. The molecule has 0 radical (unpaired) electrons. The van der Waals surface area contributed by atoms with Crippen LogP contribution in [0.1, 0.15) is 38.7 Å². The number of methoxy groups -OCH3 is 2. The fraction of sp³-hybridized carbons (Fsp3) is 0.619. The summed E-state index contributed by atoms with van der Waals surface area (Å²) in [6, 6.07) is 5.87. The summed E-state index contributed by atoms with van der Waals surface area (Å²) in [6.45, 7) is 5.44. The minimum atomic E-state index is -0.262. The summed E-state index contributed by atoms with van der Waals surface area (Å²) in [5.74, 6) is 2.08. The van der Waals surface area contributed by atoms with Crippen LogP contribution in [-0.4, -0.2) is 50.7 Å². The van der Waals surface area contributed by atoms with Gasteiger partial charge in [-0.25, -0.2) is 0 Å². The van der Waals surface area contributed by atoms with Gasteiger partial charge in [0.25, 0.3) is 0 Å². The molecule has 0 saturated carbocycles. The predicted molar refractivity (Wildman–Crippen MR) is 103 cm³/mol. The molecule has 0 aliphatic carbocycles. The lowest BCUT2D eigenvalue weighted by Crippen LogP contribution is -2.45. The highest BCUT2D eigenvalue weighted by Crippen LogP contribution is 2.31. The standard InChI is InChI=1S/C21H31NO5/c1-5-17-14-22(21(24)13-18(17)9-11-27-15(2)23)10-8-16-6-7-19(25-3)20(12-16)26-4/h6-7,12,17-18H,5,8-11,13-14H2,1-4H3/t17-,18+/m1/s1. The van der Waals surface area contributed by atoms with Crippen LogP contribution in [0, 0.1) is 11.8 Å². The summed E-state index contributed by atoms with van der Waals surface area (Å²) in [7, 11) is 3.24. The highest BCUT2D eigenvalue weighted by molar-refractivity contribution is 5.77. The van der Waals surface area contributed by atoms with E-state index in [0.717, 1.165) is 31.4 Å². The molecule has 6 nitrogen and oxygen atoms in total. The van der Waals surface area contributed by atoms with E-state index in [1.54, 1.807) is 14.2 Å². The van der Waals surface area contributed by atoms with Crippen molar-refractivity contribution in [1.82, 2.24) is 4.90 Å². The number of carbonyl (C=O) groups is 2. The second-order valence-corrected chi connectivity index (χ2v) is 7.04. The molecule has 6 heteroatoms. The molecule has 2 atom stereocenters. The van der Waals surface area contributed by atoms with E-state index in [1.165, 1.54) is 6.92 Å². The van der Waals surface area contributed by atoms with Gasteiger partial charge in [-0.3, -0.25) is 9.59 Å². The smallest absolute Gasteiger partial charge is 0.302 e. The van der Waals surface area contributed by atoms with Crippen LogP contribution in [0.15, 0.2) is 18.2 Å². The summed E-state index contributed by atoms with van der Waals surface area (Å²) in [5.41, 5.74) is 1.12. The van der Waals surface area contributed by atoms with Crippen LogP contribution in [-0.2, 0) is 20.7 Å². The van der Waals surface area contributed by atoms with Crippen molar-refractivity contribution in [2.24, 2.45) is 11.8 Å².